The molecule has 0 saturated heterocycles. The van der Waals surface area contributed by atoms with Gasteiger partial charge < -0.3 is 14.8 Å². The van der Waals surface area contributed by atoms with Gasteiger partial charge in [0.1, 0.15) is 24.2 Å². The van der Waals surface area contributed by atoms with Gasteiger partial charge in [0.15, 0.2) is 0 Å². The fraction of sp³-hybridized carbons (Fsp3) is 0.207. The zero-order valence-corrected chi connectivity index (χ0v) is 24.0. The quantitative estimate of drug-likeness (QED) is 0.158. The van der Waals surface area contributed by atoms with Crippen molar-refractivity contribution in [3.63, 3.8) is 0 Å². The molecule has 5 rings (SSSR count). The van der Waals surface area contributed by atoms with Crippen LogP contribution in [0.3, 0.4) is 0 Å². The first-order valence-corrected chi connectivity index (χ1v) is 14.2. The Morgan fingerprint density at radius 2 is 1.82 bits per heavy atom. The number of halogens is 3. The van der Waals surface area contributed by atoms with Gasteiger partial charge in [-0.3, -0.25) is 0 Å². The highest BCUT2D eigenvalue weighted by Gasteiger charge is 2.35. The Balaban J connectivity index is 1.42. The van der Waals surface area contributed by atoms with Gasteiger partial charge in [-0.05, 0) is 55.3 Å². The number of thioether (sulfide) groups is 1. The zero-order chi connectivity index (χ0) is 28.2. The number of rotatable bonds is 9. The lowest BCUT2D eigenvalue weighted by Crippen LogP contribution is -2.29. The summed E-state index contributed by atoms with van der Waals surface area (Å²) in [4.78, 5) is 17.7. The third-order valence-corrected chi connectivity index (χ3v) is 7.89. The lowest BCUT2D eigenvalue weighted by atomic mass is 9.96. The lowest BCUT2D eigenvalue weighted by Gasteiger charge is -2.28. The standard InChI is InChI=1S/C29H25Cl2FN4O3S/c1-3-38-27(37)25-17(2)33-28-34-29(40-16-19-7-4-5-8-22(19)30)35-36(28)26(25)18-11-13-20(14-12-18)39-15-21-23(31)9-6-10-24(21)32/h4-14,26H,3,15-16H2,1-2H3,(H,33,34,35). The van der Waals surface area contributed by atoms with E-state index >= 15 is 0 Å². The summed E-state index contributed by atoms with van der Waals surface area (Å²) in [5.41, 5.74) is 3.08. The SMILES string of the molecule is CCOC(=O)C1=C(C)Nc2nc(SCc3ccccc3Cl)nn2C1c1ccc(OCc2c(F)cccc2Cl)cc1. The van der Waals surface area contributed by atoms with Gasteiger partial charge in [0, 0.05) is 22.0 Å². The molecule has 7 nitrogen and oxygen atoms in total. The van der Waals surface area contributed by atoms with Gasteiger partial charge in [-0.25, -0.2) is 13.9 Å². The number of carbonyl (C=O) groups excluding carboxylic acids is 1. The molecular weight excluding hydrogens is 574 g/mol. The number of anilines is 1. The van der Waals surface area contributed by atoms with Crippen molar-refractivity contribution in [1.29, 1.82) is 0 Å². The smallest absolute Gasteiger partial charge is 0.338 e. The van der Waals surface area contributed by atoms with Crippen LogP contribution in [0.25, 0.3) is 0 Å². The number of esters is 1. The van der Waals surface area contributed by atoms with E-state index in [0.717, 1.165) is 11.1 Å². The minimum atomic E-state index is -0.590. The average molecular weight is 600 g/mol. The summed E-state index contributed by atoms with van der Waals surface area (Å²) in [5.74, 6) is 0.735. The molecule has 2 heterocycles. The second-order valence-electron chi connectivity index (χ2n) is 8.89. The van der Waals surface area contributed by atoms with Gasteiger partial charge in [-0.1, -0.05) is 71.4 Å². The van der Waals surface area contributed by atoms with Crippen molar-refractivity contribution in [2.45, 2.75) is 37.4 Å². The Morgan fingerprint density at radius 3 is 2.55 bits per heavy atom. The second-order valence-corrected chi connectivity index (χ2v) is 10.6. The monoisotopic (exact) mass is 598 g/mol. The largest absolute Gasteiger partial charge is 0.489 e. The van der Waals surface area contributed by atoms with Crippen molar-refractivity contribution in [1.82, 2.24) is 14.8 Å². The molecule has 0 bridgehead atoms. The summed E-state index contributed by atoms with van der Waals surface area (Å²) >= 11 is 13.9. The molecule has 0 amide bonds. The van der Waals surface area contributed by atoms with E-state index in [1.807, 2.05) is 43.3 Å². The maximum atomic E-state index is 14.1. The minimum Gasteiger partial charge on any atom is -0.489 e. The Bertz CT molecular complexity index is 1560. The third kappa shape index (κ3) is 5.96. The van der Waals surface area contributed by atoms with Gasteiger partial charge in [-0.15, -0.1) is 5.10 Å². The summed E-state index contributed by atoms with van der Waals surface area (Å²) in [7, 11) is 0. The van der Waals surface area contributed by atoms with Crippen LogP contribution >= 0.6 is 35.0 Å². The molecule has 0 fully saturated rings. The molecule has 1 atom stereocenters. The van der Waals surface area contributed by atoms with Crippen molar-refractivity contribution in [3.8, 4) is 5.75 Å². The highest BCUT2D eigenvalue weighted by Crippen LogP contribution is 2.38. The minimum absolute atomic E-state index is 0.0233. The molecule has 1 unspecified atom stereocenters. The van der Waals surface area contributed by atoms with Crippen LogP contribution < -0.4 is 10.1 Å². The van der Waals surface area contributed by atoms with E-state index in [1.165, 1.54) is 17.8 Å². The zero-order valence-electron chi connectivity index (χ0n) is 21.7. The van der Waals surface area contributed by atoms with E-state index in [-0.39, 0.29) is 18.8 Å². The first-order chi connectivity index (χ1) is 19.4. The topological polar surface area (TPSA) is 78.3 Å². The van der Waals surface area contributed by atoms with Crippen LogP contribution in [0.15, 0.2) is 83.2 Å². The highest BCUT2D eigenvalue weighted by atomic mass is 35.5. The van der Waals surface area contributed by atoms with E-state index < -0.39 is 17.8 Å². The number of nitrogens with zero attached hydrogens (tertiary/aromatic N) is 3. The highest BCUT2D eigenvalue weighted by molar-refractivity contribution is 7.98. The normalized spacial score (nSPS) is 14.5. The Hall–Kier alpha value is -3.53. The Morgan fingerprint density at radius 1 is 1.07 bits per heavy atom. The molecule has 11 heteroatoms. The summed E-state index contributed by atoms with van der Waals surface area (Å²) < 4.78 is 27.0. The van der Waals surface area contributed by atoms with Gasteiger partial charge in [0.25, 0.3) is 0 Å². The summed E-state index contributed by atoms with van der Waals surface area (Å²) in [6.07, 6.45) is 0. The number of fused-ring (bicyclic) bond motifs is 1. The van der Waals surface area contributed by atoms with Crippen LogP contribution in [-0.2, 0) is 21.9 Å². The molecule has 1 aliphatic heterocycles. The average Bonchev–Trinajstić information content (AvgIpc) is 3.34. The van der Waals surface area contributed by atoms with Crippen molar-refractivity contribution >= 4 is 46.9 Å². The van der Waals surface area contributed by atoms with Crippen molar-refractivity contribution in [3.05, 3.63) is 111 Å². The van der Waals surface area contributed by atoms with Crippen LogP contribution in [0.1, 0.15) is 36.6 Å². The van der Waals surface area contributed by atoms with Crippen LogP contribution in [0.4, 0.5) is 10.3 Å². The molecule has 0 saturated carbocycles. The molecule has 1 N–H and O–H groups in total. The number of aromatic nitrogens is 3. The van der Waals surface area contributed by atoms with Crippen LogP contribution in [0.5, 0.6) is 5.75 Å². The van der Waals surface area contributed by atoms with Crippen molar-refractivity contribution in [2.75, 3.05) is 11.9 Å². The number of hydrogen-bond acceptors (Lipinski definition) is 7. The molecule has 40 heavy (non-hydrogen) atoms. The lowest BCUT2D eigenvalue weighted by molar-refractivity contribution is -0.139. The number of nitrogens with one attached hydrogen (secondary N) is 1. The molecule has 4 aromatic rings. The fourth-order valence-corrected chi connectivity index (χ4v) is 5.64. The predicted octanol–water partition coefficient (Wildman–Crippen LogP) is 7.45. The predicted molar refractivity (Wildman–Crippen MR) is 154 cm³/mol. The van der Waals surface area contributed by atoms with Crippen molar-refractivity contribution < 1.29 is 18.7 Å². The van der Waals surface area contributed by atoms with Crippen LogP contribution in [0, 0.1) is 5.82 Å². The number of benzene rings is 3. The first-order valence-electron chi connectivity index (χ1n) is 12.5. The van der Waals surface area contributed by atoms with Gasteiger partial charge in [-0.2, -0.15) is 4.98 Å². The van der Waals surface area contributed by atoms with E-state index in [0.29, 0.717) is 43.9 Å². The summed E-state index contributed by atoms with van der Waals surface area (Å²) in [5, 5.41) is 9.44. The van der Waals surface area contributed by atoms with Gasteiger partial charge >= 0.3 is 5.97 Å². The second kappa shape index (κ2) is 12.3. The number of hydrogen-bond donors (Lipinski definition) is 1. The van der Waals surface area contributed by atoms with Crippen LogP contribution in [-0.4, -0.2) is 27.3 Å². The van der Waals surface area contributed by atoms with E-state index in [9.17, 15) is 9.18 Å². The molecular formula is C29H25Cl2FN4O3S. The van der Waals surface area contributed by atoms with Gasteiger partial charge in [0.2, 0.25) is 11.1 Å². The van der Waals surface area contributed by atoms with Crippen LogP contribution in [0.2, 0.25) is 10.0 Å². The van der Waals surface area contributed by atoms with Gasteiger partial charge in [0.05, 0.1) is 17.2 Å². The Kier molecular flexibility index (Phi) is 8.63. The van der Waals surface area contributed by atoms with E-state index in [4.69, 9.17) is 37.8 Å². The molecule has 206 valence electrons. The summed E-state index contributed by atoms with van der Waals surface area (Å²) in [6.45, 7) is 3.78. The maximum absolute atomic E-state index is 14.1. The summed E-state index contributed by atoms with van der Waals surface area (Å²) in [6, 6.07) is 18.7. The molecule has 0 spiro atoms. The molecule has 0 aliphatic carbocycles. The molecule has 1 aliphatic rings. The maximum Gasteiger partial charge on any atom is 0.338 e. The molecule has 3 aromatic carbocycles. The fourth-order valence-electron chi connectivity index (χ4n) is 4.30. The number of carbonyl (C=O) groups is 1. The van der Waals surface area contributed by atoms with Crippen molar-refractivity contribution in [2.24, 2.45) is 0 Å². The Labute approximate surface area is 245 Å². The first kappa shape index (κ1) is 28.0. The van der Waals surface area contributed by atoms with E-state index in [2.05, 4.69) is 10.3 Å². The third-order valence-electron chi connectivity index (χ3n) is 6.28. The van der Waals surface area contributed by atoms with E-state index in [1.54, 1.807) is 35.9 Å². The number of allylic oxidation sites excluding steroid dienone is 1. The molecule has 1 aromatic heterocycles. The molecule has 0 radical (unpaired) electrons. The number of ether oxygens (including phenoxy) is 2.